The van der Waals surface area contributed by atoms with Crippen LogP contribution >= 0.6 is 15.9 Å². The predicted molar refractivity (Wildman–Crippen MR) is 85.2 cm³/mol. The molecule has 0 heterocycles. The summed E-state index contributed by atoms with van der Waals surface area (Å²) in [5.74, 6) is 0. The van der Waals surface area contributed by atoms with Gasteiger partial charge in [0.05, 0.1) is 16.3 Å². The van der Waals surface area contributed by atoms with Gasteiger partial charge in [0.15, 0.2) is 0 Å². The summed E-state index contributed by atoms with van der Waals surface area (Å²) in [5, 5.41) is 0. The first-order valence-corrected chi connectivity index (χ1v) is 8.33. The second kappa shape index (κ2) is 5.85. The molecule has 0 spiro atoms. The lowest BCUT2D eigenvalue weighted by molar-refractivity contribution is 0.592. The van der Waals surface area contributed by atoms with Crippen molar-refractivity contribution in [2.45, 2.75) is 11.8 Å². The van der Waals surface area contributed by atoms with Crippen molar-refractivity contribution in [2.24, 2.45) is 0 Å². The number of benzene rings is 2. The van der Waals surface area contributed by atoms with E-state index in [2.05, 4.69) is 15.9 Å². The average molecular weight is 355 g/mol. The van der Waals surface area contributed by atoms with E-state index in [-0.39, 0.29) is 4.90 Å². The van der Waals surface area contributed by atoms with Crippen molar-refractivity contribution >= 4 is 37.3 Å². The molecule has 0 aromatic heterocycles. The number of hydrogen-bond donors (Lipinski definition) is 1. The molecule has 4 nitrogen and oxygen atoms in total. The summed E-state index contributed by atoms with van der Waals surface area (Å²) in [5.41, 5.74) is 6.82. The highest BCUT2D eigenvalue weighted by Gasteiger charge is 2.24. The van der Waals surface area contributed by atoms with E-state index in [4.69, 9.17) is 5.73 Å². The number of anilines is 2. The van der Waals surface area contributed by atoms with E-state index in [1.165, 1.54) is 4.31 Å². The molecule has 0 atom stereocenters. The zero-order valence-electron chi connectivity index (χ0n) is 11.0. The third-order valence-corrected chi connectivity index (χ3v) is 5.25. The summed E-state index contributed by atoms with van der Waals surface area (Å²) >= 11 is 3.29. The minimum absolute atomic E-state index is 0.233. The minimum Gasteiger partial charge on any atom is -0.397 e. The number of para-hydroxylation sites is 2. The number of nitrogens with zero attached hydrogens (tertiary/aromatic N) is 1. The number of halogens is 1. The monoisotopic (exact) mass is 354 g/mol. The van der Waals surface area contributed by atoms with E-state index in [9.17, 15) is 8.42 Å². The Morgan fingerprint density at radius 3 is 2.45 bits per heavy atom. The quantitative estimate of drug-likeness (QED) is 0.857. The highest BCUT2D eigenvalue weighted by atomic mass is 79.9. The van der Waals surface area contributed by atoms with E-state index in [0.29, 0.717) is 17.9 Å². The van der Waals surface area contributed by atoms with Crippen LogP contribution in [0.4, 0.5) is 11.4 Å². The summed E-state index contributed by atoms with van der Waals surface area (Å²) in [7, 11) is -3.63. The van der Waals surface area contributed by atoms with Gasteiger partial charge in [-0.15, -0.1) is 0 Å². The fourth-order valence-corrected chi connectivity index (χ4v) is 4.04. The van der Waals surface area contributed by atoms with E-state index in [1.807, 2.05) is 0 Å². The Hall–Kier alpha value is -1.53. The van der Waals surface area contributed by atoms with Crippen molar-refractivity contribution in [3.63, 3.8) is 0 Å². The maximum Gasteiger partial charge on any atom is 0.264 e. The van der Waals surface area contributed by atoms with Gasteiger partial charge in [0.1, 0.15) is 0 Å². The molecule has 20 heavy (non-hydrogen) atoms. The molecule has 0 radical (unpaired) electrons. The Bertz CT molecular complexity index is 717. The fourth-order valence-electron chi connectivity index (χ4n) is 1.94. The van der Waals surface area contributed by atoms with Crippen molar-refractivity contribution < 1.29 is 8.42 Å². The van der Waals surface area contributed by atoms with Gasteiger partial charge in [-0.05, 0) is 37.3 Å². The number of nitrogen functional groups attached to an aromatic ring is 1. The van der Waals surface area contributed by atoms with Gasteiger partial charge in [0.2, 0.25) is 0 Å². The van der Waals surface area contributed by atoms with Gasteiger partial charge in [-0.25, -0.2) is 8.42 Å². The van der Waals surface area contributed by atoms with Crippen LogP contribution < -0.4 is 10.0 Å². The molecule has 2 aromatic rings. The van der Waals surface area contributed by atoms with Crippen molar-refractivity contribution in [1.29, 1.82) is 0 Å². The van der Waals surface area contributed by atoms with E-state index in [1.54, 1.807) is 55.5 Å². The lowest BCUT2D eigenvalue weighted by Crippen LogP contribution is -2.31. The summed E-state index contributed by atoms with van der Waals surface area (Å²) in [6.45, 7) is 2.09. The van der Waals surface area contributed by atoms with Gasteiger partial charge >= 0.3 is 0 Å². The Morgan fingerprint density at radius 1 is 1.15 bits per heavy atom. The van der Waals surface area contributed by atoms with Crippen LogP contribution in [0.2, 0.25) is 0 Å². The third kappa shape index (κ3) is 2.81. The van der Waals surface area contributed by atoms with Gasteiger partial charge in [0, 0.05) is 11.0 Å². The first kappa shape index (κ1) is 14.9. The fraction of sp³-hybridized carbons (Fsp3) is 0.143. The van der Waals surface area contributed by atoms with Gasteiger partial charge in [-0.2, -0.15) is 0 Å². The zero-order valence-corrected chi connectivity index (χ0v) is 13.4. The molecule has 2 aromatic carbocycles. The lowest BCUT2D eigenvalue weighted by atomic mass is 10.3. The maximum absolute atomic E-state index is 12.7. The van der Waals surface area contributed by atoms with Crippen molar-refractivity contribution in [3.05, 3.63) is 53.0 Å². The summed E-state index contributed by atoms with van der Waals surface area (Å²) < 4.78 is 27.5. The molecule has 0 aliphatic rings. The van der Waals surface area contributed by atoms with Gasteiger partial charge in [0.25, 0.3) is 10.0 Å². The van der Waals surface area contributed by atoms with Crippen LogP contribution in [0.3, 0.4) is 0 Å². The van der Waals surface area contributed by atoms with E-state index in [0.717, 1.165) is 4.47 Å². The van der Waals surface area contributed by atoms with E-state index < -0.39 is 10.0 Å². The molecular formula is C14H15BrN2O2S. The average Bonchev–Trinajstić information content (AvgIpc) is 2.41. The Morgan fingerprint density at radius 2 is 1.85 bits per heavy atom. The third-order valence-electron chi connectivity index (χ3n) is 2.88. The van der Waals surface area contributed by atoms with Crippen LogP contribution in [0.25, 0.3) is 0 Å². The normalized spacial score (nSPS) is 11.3. The van der Waals surface area contributed by atoms with Crippen LogP contribution in [0.5, 0.6) is 0 Å². The summed E-state index contributed by atoms with van der Waals surface area (Å²) in [4.78, 5) is 0.233. The lowest BCUT2D eigenvalue weighted by Gasteiger charge is -2.24. The van der Waals surface area contributed by atoms with Gasteiger partial charge in [-0.1, -0.05) is 34.1 Å². The van der Waals surface area contributed by atoms with E-state index >= 15 is 0 Å². The Labute approximate surface area is 127 Å². The zero-order chi connectivity index (χ0) is 14.8. The molecule has 0 aliphatic heterocycles. The van der Waals surface area contributed by atoms with Crippen LogP contribution in [-0.2, 0) is 10.0 Å². The smallest absolute Gasteiger partial charge is 0.264 e. The van der Waals surface area contributed by atoms with Crippen LogP contribution in [0.15, 0.2) is 57.9 Å². The summed E-state index contributed by atoms with van der Waals surface area (Å²) in [6.07, 6.45) is 0. The molecule has 2 N–H and O–H groups in total. The maximum atomic E-state index is 12.7. The molecule has 106 valence electrons. The van der Waals surface area contributed by atoms with Gasteiger partial charge in [-0.3, -0.25) is 4.31 Å². The number of hydrogen-bond acceptors (Lipinski definition) is 3. The summed E-state index contributed by atoms with van der Waals surface area (Å²) in [6, 6.07) is 13.6. The Kier molecular flexibility index (Phi) is 4.35. The molecule has 0 bridgehead atoms. The van der Waals surface area contributed by atoms with Crippen molar-refractivity contribution in [3.8, 4) is 0 Å². The SMILES string of the molecule is CCN(c1ccccc1N)S(=O)(=O)c1cccc(Br)c1. The highest BCUT2D eigenvalue weighted by Crippen LogP contribution is 2.29. The van der Waals surface area contributed by atoms with Crippen molar-refractivity contribution in [2.75, 3.05) is 16.6 Å². The molecular weight excluding hydrogens is 340 g/mol. The molecule has 0 unspecified atom stereocenters. The van der Waals surface area contributed by atoms with Crippen LogP contribution in [0.1, 0.15) is 6.92 Å². The highest BCUT2D eigenvalue weighted by molar-refractivity contribution is 9.10. The van der Waals surface area contributed by atoms with Crippen LogP contribution in [0, 0.1) is 0 Å². The second-order valence-corrected chi connectivity index (χ2v) is 6.96. The molecule has 0 saturated carbocycles. The number of rotatable bonds is 4. The van der Waals surface area contributed by atoms with Crippen LogP contribution in [-0.4, -0.2) is 15.0 Å². The Balaban J connectivity index is 2.54. The molecule has 0 aliphatic carbocycles. The second-order valence-electron chi connectivity index (χ2n) is 4.19. The topological polar surface area (TPSA) is 63.4 Å². The molecule has 0 fully saturated rings. The first-order valence-electron chi connectivity index (χ1n) is 6.09. The van der Waals surface area contributed by atoms with Crippen molar-refractivity contribution in [1.82, 2.24) is 0 Å². The minimum atomic E-state index is -3.63. The number of sulfonamides is 1. The van der Waals surface area contributed by atoms with Gasteiger partial charge < -0.3 is 5.73 Å². The molecule has 0 amide bonds. The number of nitrogens with two attached hydrogens (primary N) is 1. The predicted octanol–water partition coefficient (Wildman–Crippen LogP) is 3.25. The first-order chi connectivity index (χ1) is 9.46. The molecule has 0 saturated heterocycles. The molecule has 2 rings (SSSR count). The largest absolute Gasteiger partial charge is 0.397 e. The standard InChI is InChI=1S/C14H15BrN2O2S/c1-2-17(14-9-4-3-8-13(14)16)20(18,19)12-7-5-6-11(15)10-12/h3-10H,2,16H2,1H3. The molecule has 6 heteroatoms.